The maximum absolute atomic E-state index is 12.4. The van der Waals surface area contributed by atoms with Crippen molar-refractivity contribution in [1.29, 1.82) is 0 Å². The molecule has 2 heterocycles. The van der Waals surface area contributed by atoms with Gasteiger partial charge in [0.05, 0.1) is 5.56 Å². The molecule has 0 saturated carbocycles. The summed E-state index contributed by atoms with van der Waals surface area (Å²) >= 11 is 0. The molecule has 28 heavy (non-hydrogen) atoms. The van der Waals surface area contributed by atoms with E-state index < -0.39 is 5.91 Å². The van der Waals surface area contributed by atoms with Gasteiger partial charge in [-0.2, -0.15) is 4.80 Å². The van der Waals surface area contributed by atoms with E-state index in [1.165, 1.54) is 4.80 Å². The van der Waals surface area contributed by atoms with Crippen LogP contribution in [0.4, 0.5) is 0 Å². The standard InChI is InChI=1S/C19H23N7O2/c1-12(2)26-13(3)10-16(14(26)4)19(28)22-20-17(27)11-25-23-18(21-24-25)15-8-6-5-7-9-15/h5-10,12H,11H2,1-4H3,(H,20,27)(H,22,28). The Hall–Kier alpha value is -3.49. The van der Waals surface area contributed by atoms with Crippen LogP contribution >= 0.6 is 0 Å². The fourth-order valence-corrected chi connectivity index (χ4v) is 3.18. The maximum Gasteiger partial charge on any atom is 0.271 e. The molecule has 0 fully saturated rings. The van der Waals surface area contributed by atoms with E-state index in [1.54, 1.807) is 0 Å². The number of tetrazole rings is 1. The first-order valence-electron chi connectivity index (χ1n) is 8.97. The van der Waals surface area contributed by atoms with Crippen molar-refractivity contribution >= 4 is 11.8 Å². The van der Waals surface area contributed by atoms with Crippen LogP contribution in [0.5, 0.6) is 0 Å². The Morgan fingerprint density at radius 3 is 2.46 bits per heavy atom. The summed E-state index contributed by atoms with van der Waals surface area (Å²) in [6.07, 6.45) is 0. The first-order valence-corrected chi connectivity index (χ1v) is 8.97. The predicted molar refractivity (Wildman–Crippen MR) is 103 cm³/mol. The Morgan fingerprint density at radius 2 is 1.82 bits per heavy atom. The Labute approximate surface area is 162 Å². The molecule has 2 N–H and O–H groups in total. The van der Waals surface area contributed by atoms with Crippen molar-refractivity contribution in [2.24, 2.45) is 0 Å². The van der Waals surface area contributed by atoms with E-state index in [0.717, 1.165) is 17.0 Å². The molecular formula is C19H23N7O2. The molecule has 9 nitrogen and oxygen atoms in total. The fraction of sp³-hybridized carbons (Fsp3) is 0.316. The number of carbonyl (C=O) groups is 2. The molecule has 1 aromatic carbocycles. The lowest BCUT2D eigenvalue weighted by atomic mass is 10.2. The van der Waals surface area contributed by atoms with Crippen LogP contribution in [0.2, 0.25) is 0 Å². The third-order valence-corrected chi connectivity index (χ3v) is 4.33. The lowest BCUT2D eigenvalue weighted by Crippen LogP contribution is -2.43. The number of amides is 2. The average molecular weight is 381 g/mol. The first kappa shape index (κ1) is 19.3. The van der Waals surface area contributed by atoms with E-state index >= 15 is 0 Å². The summed E-state index contributed by atoms with van der Waals surface area (Å²) in [6.45, 7) is 7.78. The minimum absolute atomic E-state index is 0.162. The molecule has 0 aliphatic rings. The molecule has 0 unspecified atom stereocenters. The second kappa shape index (κ2) is 8.03. The van der Waals surface area contributed by atoms with Gasteiger partial charge < -0.3 is 4.57 Å². The normalized spacial score (nSPS) is 10.9. The van der Waals surface area contributed by atoms with Crippen molar-refractivity contribution in [2.45, 2.75) is 40.3 Å². The van der Waals surface area contributed by atoms with Gasteiger partial charge in [0.2, 0.25) is 5.82 Å². The second-order valence-electron chi connectivity index (χ2n) is 6.76. The fourth-order valence-electron chi connectivity index (χ4n) is 3.18. The van der Waals surface area contributed by atoms with Crippen LogP contribution in [0.15, 0.2) is 36.4 Å². The van der Waals surface area contributed by atoms with Crippen molar-refractivity contribution in [3.63, 3.8) is 0 Å². The smallest absolute Gasteiger partial charge is 0.271 e. The molecular weight excluding hydrogens is 358 g/mol. The van der Waals surface area contributed by atoms with Crippen LogP contribution < -0.4 is 10.9 Å². The van der Waals surface area contributed by atoms with Crippen LogP contribution in [-0.2, 0) is 11.3 Å². The number of benzene rings is 1. The number of hydrogen-bond donors (Lipinski definition) is 2. The highest BCUT2D eigenvalue weighted by Gasteiger charge is 2.18. The average Bonchev–Trinajstić information content (AvgIpc) is 3.24. The number of nitrogens with one attached hydrogen (secondary N) is 2. The largest absolute Gasteiger partial charge is 0.346 e. The minimum atomic E-state index is -0.456. The van der Waals surface area contributed by atoms with E-state index in [2.05, 4.69) is 44.7 Å². The van der Waals surface area contributed by atoms with Crippen molar-refractivity contribution in [1.82, 2.24) is 35.6 Å². The summed E-state index contributed by atoms with van der Waals surface area (Å²) in [4.78, 5) is 25.7. The zero-order chi connectivity index (χ0) is 20.3. The number of aryl methyl sites for hydroxylation is 1. The number of hydrogen-bond acceptors (Lipinski definition) is 5. The zero-order valence-corrected chi connectivity index (χ0v) is 16.3. The molecule has 0 saturated heterocycles. The molecule has 0 aliphatic carbocycles. The highest BCUT2D eigenvalue weighted by molar-refractivity contribution is 5.96. The van der Waals surface area contributed by atoms with Crippen LogP contribution in [0.3, 0.4) is 0 Å². The topological polar surface area (TPSA) is 107 Å². The molecule has 0 bridgehead atoms. The molecule has 9 heteroatoms. The van der Waals surface area contributed by atoms with E-state index in [-0.39, 0.29) is 18.5 Å². The van der Waals surface area contributed by atoms with Crippen LogP contribution in [-0.4, -0.2) is 36.6 Å². The monoisotopic (exact) mass is 381 g/mol. The minimum Gasteiger partial charge on any atom is -0.346 e. The molecule has 2 aromatic heterocycles. The molecule has 3 rings (SSSR count). The lowest BCUT2D eigenvalue weighted by Gasteiger charge is -2.13. The SMILES string of the molecule is Cc1cc(C(=O)NNC(=O)Cn2nnc(-c3ccccc3)n2)c(C)n1C(C)C. The van der Waals surface area contributed by atoms with Gasteiger partial charge in [-0.15, -0.1) is 10.2 Å². The summed E-state index contributed by atoms with van der Waals surface area (Å²) in [5, 5.41) is 12.0. The summed E-state index contributed by atoms with van der Waals surface area (Å²) < 4.78 is 2.07. The quantitative estimate of drug-likeness (QED) is 0.656. The summed E-state index contributed by atoms with van der Waals surface area (Å²) in [5.41, 5.74) is 8.00. The van der Waals surface area contributed by atoms with Crippen molar-refractivity contribution in [3.05, 3.63) is 53.3 Å². The number of carbonyl (C=O) groups excluding carboxylic acids is 2. The Balaban J connectivity index is 1.58. The predicted octanol–water partition coefficient (Wildman–Crippen LogP) is 1.80. The molecule has 3 aromatic rings. The Kier molecular flexibility index (Phi) is 5.53. The van der Waals surface area contributed by atoms with Gasteiger partial charge in [0.1, 0.15) is 6.54 Å². The van der Waals surface area contributed by atoms with Gasteiger partial charge in [0, 0.05) is 23.0 Å². The van der Waals surface area contributed by atoms with E-state index in [1.807, 2.05) is 50.2 Å². The van der Waals surface area contributed by atoms with E-state index in [4.69, 9.17) is 0 Å². The number of aromatic nitrogens is 5. The molecule has 0 atom stereocenters. The van der Waals surface area contributed by atoms with Crippen LogP contribution in [0.1, 0.15) is 41.6 Å². The number of rotatable bonds is 5. The highest BCUT2D eigenvalue weighted by atomic mass is 16.2. The van der Waals surface area contributed by atoms with E-state index in [0.29, 0.717) is 11.4 Å². The third kappa shape index (κ3) is 4.08. The molecule has 0 radical (unpaired) electrons. The summed E-state index contributed by atoms with van der Waals surface area (Å²) in [6, 6.07) is 11.4. The van der Waals surface area contributed by atoms with Gasteiger partial charge in [0.15, 0.2) is 0 Å². The lowest BCUT2D eigenvalue weighted by molar-refractivity contribution is -0.122. The summed E-state index contributed by atoms with van der Waals surface area (Å²) in [7, 11) is 0. The first-order chi connectivity index (χ1) is 13.4. The number of hydrazine groups is 1. The van der Waals surface area contributed by atoms with Gasteiger partial charge >= 0.3 is 0 Å². The van der Waals surface area contributed by atoms with Gasteiger partial charge in [0.25, 0.3) is 11.8 Å². The van der Waals surface area contributed by atoms with Crippen molar-refractivity contribution in [2.75, 3.05) is 0 Å². The van der Waals surface area contributed by atoms with E-state index in [9.17, 15) is 9.59 Å². The molecule has 0 spiro atoms. The second-order valence-corrected chi connectivity index (χ2v) is 6.76. The molecule has 0 aliphatic heterocycles. The summed E-state index contributed by atoms with van der Waals surface area (Å²) in [5.74, 6) is -0.397. The highest BCUT2D eigenvalue weighted by Crippen LogP contribution is 2.19. The Bertz CT molecular complexity index is 989. The molecule has 2 amide bonds. The van der Waals surface area contributed by atoms with Crippen molar-refractivity contribution in [3.8, 4) is 11.4 Å². The zero-order valence-electron chi connectivity index (χ0n) is 16.3. The van der Waals surface area contributed by atoms with Crippen LogP contribution in [0, 0.1) is 13.8 Å². The van der Waals surface area contributed by atoms with Gasteiger partial charge in [-0.25, -0.2) is 0 Å². The molecule has 146 valence electrons. The maximum atomic E-state index is 12.4. The van der Waals surface area contributed by atoms with Gasteiger partial charge in [-0.05, 0) is 39.0 Å². The van der Waals surface area contributed by atoms with Crippen LogP contribution in [0.25, 0.3) is 11.4 Å². The Morgan fingerprint density at radius 1 is 1.11 bits per heavy atom. The van der Waals surface area contributed by atoms with Crippen molar-refractivity contribution < 1.29 is 9.59 Å². The van der Waals surface area contributed by atoms with Gasteiger partial charge in [-0.1, -0.05) is 30.3 Å². The van der Waals surface area contributed by atoms with Gasteiger partial charge in [-0.3, -0.25) is 20.4 Å². The third-order valence-electron chi connectivity index (χ3n) is 4.33. The number of nitrogens with zero attached hydrogens (tertiary/aromatic N) is 5.